The highest BCUT2D eigenvalue weighted by Gasteiger charge is 2.21. The first kappa shape index (κ1) is 18.5. The molecule has 6 nitrogen and oxygen atoms in total. The van der Waals surface area contributed by atoms with Crippen molar-refractivity contribution in [2.75, 3.05) is 27.4 Å². The van der Waals surface area contributed by atoms with Crippen LogP contribution >= 0.6 is 15.9 Å². The second-order valence-corrected chi connectivity index (χ2v) is 7.11. The van der Waals surface area contributed by atoms with Gasteiger partial charge < -0.3 is 14.6 Å². The predicted molar refractivity (Wildman–Crippen MR) is 82.7 cm³/mol. The second kappa shape index (κ2) is 8.21. The number of halogens is 1. The van der Waals surface area contributed by atoms with Gasteiger partial charge in [0.25, 0.3) is 0 Å². The quantitative estimate of drug-likeness (QED) is 0.706. The van der Waals surface area contributed by atoms with Gasteiger partial charge in [0.05, 0.1) is 24.2 Å². The minimum Gasteiger partial charge on any atom is -0.392 e. The van der Waals surface area contributed by atoms with E-state index in [4.69, 9.17) is 9.47 Å². The van der Waals surface area contributed by atoms with Gasteiger partial charge >= 0.3 is 0 Å². The third-order valence-electron chi connectivity index (χ3n) is 3.02. The first-order valence-electron chi connectivity index (χ1n) is 6.27. The monoisotopic (exact) mass is 381 g/mol. The summed E-state index contributed by atoms with van der Waals surface area (Å²) in [4.78, 5) is 0.133. The van der Waals surface area contributed by atoms with Crippen molar-refractivity contribution in [1.29, 1.82) is 0 Å². The standard InChI is InChI=1S/C13H20BrNO5S/c1-9-12(14)4-10(7-16)5-13(9)21(17,18)15-6-11(20-3)8-19-2/h4-5,11,15-16H,6-8H2,1-3H3. The Morgan fingerprint density at radius 2 is 2.05 bits per heavy atom. The van der Waals surface area contributed by atoms with E-state index in [1.165, 1.54) is 20.3 Å². The van der Waals surface area contributed by atoms with Gasteiger partial charge in [0, 0.05) is 25.2 Å². The normalized spacial score (nSPS) is 13.4. The van der Waals surface area contributed by atoms with E-state index in [1.807, 2.05) is 0 Å². The van der Waals surface area contributed by atoms with Crippen molar-refractivity contribution in [3.05, 3.63) is 27.7 Å². The minimum absolute atomic E-state index is 0.104. The fourth-order valence-electron chi connectivity index (χ4n) is 1.75. The molecule has 0 saturated heterocycles. The highest BCUT2D eigenvalue weighted by Crippen LogP contribution is 2.25. The van der Waals surface area contributed by atoms with E-state index in [1.54, 1.807) is 13.0 Å². The smallest absolute Gasteiger partial charge is 0.240 e. The fourth-order valence-corrected chi connectivity index (χ4v) is 3.77. The molecule has 0 aliphatic heterocycles. The topological polar surface area (TPSA) is 84.9 Å². The van der Waals surface area contributed by atoms with Gasteiger partial charge in [-0.3, -0.25) is 0 Å². The van der Waals surface area contributed by atoms with Crippen molar-refractivity contribution in [3.8, 4) is 0 Å². The van der Waals surface area contributed by atoms with Crippen LogP contribution in [0.15, 0.2) is 21.5 Å². The molecule has 1 unspecified atom stereocenters. The van der Waals surface area contributed by atoms with Gasteiger partial charge in [-0.1, -0.05) is 15.9 Å². The van der Waals surface area contributed by atoms with Crippen LogP contribution in [0.25, 0.3) is 0 Å². The summed E-state index contributed by atoms with van der Waals surface area (Å²) in [5, 5.41) is 9.20. The number of aliphatic hydroxyl groups excluding tert-OH is 1. The van der Waals surface area contributed by atoms with Crippen molar-refractivity contribution >= 4 is 26.0 Å². The maximum atomic E-state index is 12.4. The van der Waals surface area contributed by atoms with Crippen LogP contribution in [0, 0.1) is 6.92 Å². The van der Waals surface area contributed by atoms with E-state index in [0.717, 1.165) is 0 Å². The summed E-state index contributed by atoms with van der Waals surface area (Å²) in [6, 6.07) is 3.15. The first-order chi connectivity index (χ1) is 9.85. The zero-order valence-electron chi connectivity index (χ0n) is 12.2. The summed E-state index contributed by atoms with van der Waals surface area (Å²) in [6.07, 6.45) is -0.366. The summed E-state index contributed by atoms with van der Waals surface area (Å²) >= 11 is 3.30. The SMILES string of the molecule is COCC(CNS(=O)(=O)c1cc(CO)cc(Br)c1C)OC. The lowest BCUT2D eigenvalue weighted by molar-refractivity contribution is 0.0320. The zero-order valence-corrected chi connectivity index (χ0v) is 14.6. The number of sulfonamides is 1. The Hall–Kier alpha value is -0.510. The van der Waals surface area contributed by atoms with Crippen molar-refractivity contribution in [2.24, 2.45) is 0 Å². The molecular weight excluding hydrogens is 362 g/mol. The lowest BCUT2D eigenvalue weighted by Gasteiger charge is -2.16. The van der Waals surface area contributed by atoms with Crippen molar-refractivity contribution < 1.29 is 23.0 Å². The van der Waals surface area contributed by atoms with E-state index in [9.17, 15) is 13.5 Å². The molecule has 1 rings (SSSR count). The fraction of sp³-hybridized carbons (Fsp3) is 0.538. The van der Waals surface area contributed by atoms with Crippen LogP contribution in [0.3, 0.4) is 0 Å². The Morgan fingerprint density at radius 3 is 2.57 bits per heavy atom. The summed E-state index contributed by atoms with van der Waals surface area (Å²) in [5.74, 6) is 0. The zero-order chi connectivity index (χ0) is 16.0. The van der Waals surface area contributed by atoms with Gasteiger partial charge in [0.15, 0.2) is 0 Å². The van der Waals surface area contributed by atoms with E-state index in [2.05, 4.69) is 20.7 Å². The number of aliphatic hydroxyl groups is 1. The van der Waals surface area contributed by atoms with E-state index >= 15 is 0 Å². The number of nitrogens with one attached hydrogen (secondary N) is 1. The van der Waals surface area contributed by atoms with Gasteiger partial charge in [0.1, 0.15) is 0 Å². The average molecular weight is 382 g/mol. The van der Waals surface area contributed by atoms with Crippen LogP contribution in [0.1, 0.15) is 11.1 Å². The average Bonchev–Trinajstić information content (AvgIpc) is 2.45. The van der Waals surface area contributed by atoms with Gasteiger partial charge in [-0.15, -0.1) is 0 Å². The molecule has 120 valence electrons. The summed E-state index contributed by atoms with van der Waals surface area (Å²) in [5.41, 5.74) is 1.11. The highest BCUT2D eigenvalue weighted by atomic mass is 79.9. The lowest BCUT2D eigenvalue weighted by Crippen LogP contribution is -2.35. The number of benzene rings is 1. The van der Waals surface area contributed by atoms with Crippen LogP contribution in [-0.2, 0) is 26.1 Å². The molecule has 0 aromatic heterocycles. The Labute approximate surface area is 133 Å². The van der Waals surface area contributed by atoms with Crippen molar-refractivity contribution in [3.63, 3.8) is 0 Å². The molecule has 1 atom stereocenters. The van der Waals surface area contributed by atoms with Gasteiger partial charge in [-0.05, 0) is 30.2 Å². The third-order valence-corrected chi connectivity index (χ3v) is 5.39. The molecule has 8 heteroatoms. The maximum absolute atomic E-state index is 12.4. The molecule has 0 saturated carbocycles. The Balaban J connectivity index is 3.00. The van der Waals surface area contributed by atoms with Gasteiger partial charge in [-0.2, -0.15) is 0 Å². The summed E-state index contributed by atoms with van der Waals surface area (Å²) in [7, 11) is -0.684. The molecule has 0 aliphatic carbocycles. The molecule has 0 radical (unpaired) electrons. The van der Waals surface area contributed by atoms with Crippen LogP contribution in [-0.4, -0.2) is 47.0 Å². The molecule has 1 aromatic carbocycles. The van der Waals surface area contributed by atoms with Crippen molar-refractivity contribution in [1.82, 2.24) is 4.72 Å². The molecule has 2 N–H and O–H groups in total. The van der Waals surface area contributed by atoms with Crippen LogP contribution in [0.4, 0.5) is 0 Å². The summed E-state index contributed by atoms with van der Waals surface area (Å²) in [6.45, 7) is 1.86. The summed E-state index contributed by atoms with van der Waals surface area (Å²) < 4.78 is 38.0. The number of methoxy groups -OCH3 is 2. The van der Waals surface area contributed by atoms with Crippen molar-refractivity contribution in [2.45, 2.75) is 24.5 Å². The largest absolute Gasteiger partial charge is 0.392 e. The molecule has 0 heterocycles. The molecule has 0 spiro atoms. The lowest BCUT2D eigenvalue weighted by atomic mass is 10.2. The molecule has 0 fully saturated rings. The molecule has 0 amide bonds. The van der Waals surface area contributed by atoms with Gasteiger partial charge in [0.2, 0.25) is 10.0 Å². The number of rotatable bonds is 8. The Kier molecular flexibility index (Phi) is 7.25. The van der Waals surface area contributed by atoms with Crippen LogP contribution < -0.4 is 4.72 Å². The van der Waals surface area contributed by atoms with E-state index < -0.39 is 10.0 Å². The molecule has 21 heavy (non-hydrogen) atoms. The minimum atomic E-state index is -3.70. The van der Waals surface area contributed by atoms with E-state index in [0.29, 0.717) is 22.2 Å². The maximum Gasteiger partial charge on any atom is 0.240 e. The predicted octanol–water partition coefficient (Wildman–Crippen LogP) is 1.19. The third kappa shape index (κ3) is 5.01. The van der Waals surface area contributed by atoms with Gasteiger partial charge in [-0.25, -0.2) is 13.1 Å². The molecule has 0 bridgehead atoms. The van der Waals surface area contributed by atoms with Crippen LogP contribution in [0.5, 0.6) is 0 Å². The van der Waals surface area contributed by atoms with E-state index in [-0.39, 0.29) is 24.2 Å². The number of ether oxygens (including phenoxy) is 2. The second-order valence-electron chi connectivity index (χ2n) is 4.52. The Morgan fingerprint density at radius 1 is 1.38 bits per heavy atom. The molecular formula is C13H20BrNO5S. The number of hydrogen-bond donors (Lipinski definition) is 2. The highest BCUT2D eigenvalue weighted by molar-refractivity contribution is 9.10. The Bertz CT molecular complexity index is 576. The molecule has 0 aliphatic rings. The molecule has 1 aromatic rings. The van der Waals surface area contributed by atoms with Crippen LogP contribution in [0.2, 0.25) is 0 Å². The number of hydrogen-bond acceptors (Lipinski definition) is 5. The first-order valence-corrected chi connectivity index (χ1v) is 8.54.